The van der Waals surface area contributed by atoms with Crippen molar-refractivity contribution in [1.29, 1.82) is 0 Å². The maximum absolute atomic E-state index is 11.7. The SMILES string of the molecule is CCCCCC[C@H]1CCC[C@H]1NCC(=O)NCCOC. The van der Waals surface area contributed by atoms with Gasteiger partial charge in [-0.1, -0.05) is 39.0 Å². The highest BCUT2D eigenvalue weighted by atomic mass is 16.5. The fourth-order valence-corrected chi connectivity index (χ4v) is 3.06. The maximum atomic E-state index is 11.7. The smallest absolute Gasteiger partial charge is 0.234 e. The normalized spacial score (nSPS) is 22.1. The van der Waals surface area contributed by atoms with Crippen LogP contribution in [-0.2, 0) is 9.53 Å². The van der Waals surface area contributed by atoms with Crippen molar-refractivity contribution < 1.29 is 9.53 Å². The summed E-state index contributed by atoms with van der Waals surface area (Å²) < 4.78 is 4.92. The Balaban J connectivity index is 2.12. The minimum absolute atomic E-state index is 0.0821. The second-order valence-electron chi connectivity index (χ2n) is 5.87. The largest absolute Gasteiger partial charge is 0.383 e. The molecule has 1 amide bonds. The van der Waals surface area contributed by atoms with Crippen molar-refractivity contribution in [2.24, 2.45) is 5.92 Å². The minimum Gasteiger partial charge on any atom is -0.383 e. The average molecular weight is 284 g/mol. The topological polar surface area (TPSA) is 50.4 Å². The summed E-state index contributed by atoms with van der Waals surface area (Å²) in [6, 6.07) is 0.546. The Hall–Kier alpha value is -0.610. The molecule has 4 heteroatoms. The number of amides is 1. The van der Waals surface area contributed by atoms with Gasteiger partial charge in [0.1, 0.15) is 0 Å². The van der Waals surface area contributed by atoms with E-state index in [1.54, 1.807) is 7.11 Å². The van der Waals surface area contributed by atoms with E-state index in [1.165, 1.54) is 51.4 Å². The summed E-state index contributed by atoms with van der Waals surface area (Å²) >= 11 is 0. The lowest BCUT2D eigenvalue weighted by Crippen LogP contribution is -2.41. The van der Waals surface area contributed by atoms with Gasteiger partial charge in [0.2, 0.25) is 5.91 Å². The van der Waals surface area contributed by atoms with E-state index in [2.05, 4.69) is 17.6 Å². The average Bonchev–Trinajstić information content (AvgIpc) is 2.89. The van der Waals surface area contributed by atoms with E-state index < -0.39 is 0 Å². The molecule has 2 atom stereocenters. The van der Waals surface area contributed by atoms with Crippen molar-refractivity contribution >= 4 is 5.91 Å². The van der Waals surface area contributed by atoms with E-state index in [0.717, 1.165) is 5.92 Å². The van der Waals surface area contributed by atoms with Gasteiger partial charge in [-0.2, -0.15) is 0 Å². The molecule has 0 saturated heterocycles. The lowest BCUT2D eigenvalue weighted by atomic mass is 9.96. The van der Waals surface area contributed by atoms with Crippen LogP contribution in [0.5, 0.6) is 0 Å². The molecule has 0 aromatic heterocycles. The number of carbonyl (C=O) groups excluding carboxylic acids is 1. The first kappa shape index (κ1) is 17.4. The van der Waals surface area contributed by atoms with Crippen LogP contribution < -0.4 is 10.6 Å². The third-order valence-electron chi connectivity index (χ3n) is 4.24. The zero-order valence-electron chi connectivity index (χ0n) is 13.2. The molecular formula is C16H32N2O2. The van der Waals surface area contributed by atoms with Crippen LogP contribution in [-0.4, -0.2) is 38.8 Å². The standard InChI is InChI=1S/C16H32N2O2/c1-3-4-5-6-8-14-9-7-10-15(14)18-13-16(19)17-11-12-20-2/h14-15,18H,3-13H2,1-2H3,(H,17,19)/t14-,15+/m0/s1. The fraction of sp³-hybridized carbons (Fsp3) is 0.938. The maximum Gasteiger partial charge on any atom is 0.234 e. The highest BCUT2D eigenvalue weighted by molar-refractivity contribution is 5.77. The van der Waals surface area contributed by atoms with Crippen molar-refractivity contribution in [1.82, 2.24) is 10.6 Å². The molecule has 0 bridgehead atoms. The van der Waals surface area contributed by atoms with Gasteiger partial charge in [0.05, 0.1) is 13.2 Å². The molecule has 118 valence electrons. The summed E-state index contributed by atoms with van der Waals surface area (Å²) in [5.41, 5.74) is 0. The second kappa shape index (κ2) is 11.1. The molecule has 0 aromatic carbocycles. The van der Waals surface area contributed by atoms with Crippen LogP contribution >= 0.6 is 0 Å². The first-order valence-electron chi connectivity index (χ1n) is 8.27. The predicted octanol–water partition coefficient (Wildman–Crippen LogP) is 2.48. The molecule has 1 saturated carbocycles. The van der Waals surface area contributed by atoms with E-state index in [-0.39, 0.29) is 5.91 Å². The lowest BCUT2D eigenvalue weighted by molar-refractivity contribution is -0.120. The van der Waals surface area contributed by atoms with Crippen LogP contribution in [0.3, 0.4) is 0 Å². The second-order valence-corrected chi connectivity index (χ2v) is 5.87. The number of hydrogen-bond donors (Lipinski definition) is 2. The summed E-state index contributed by atoms with van der Waals surface area (Å²) in [5, 5.41) is 6.30. The first-order valence-corrected chi connectivity index (χ1v) is 8.27. The summed E-state index contributed by atoms with van der Waals surface area (Å²) in [6.45, 7) is 3.87. The van der Waals surface area contributed by atoms with Crippen LogP contribution in [0, 0.1) is 5.92 Å². The van der Waals surface area contributed by atoms with E-state index in [9.17, 15) is 4.79 Å². The van der Waals surface area contributed by atoms with Gasteiger partial charge in [-0.05, 0) is 25.2 Å². The van der Waals surface area contributed by atoms with E-state index in [4.69, 9.17) is 4.74 Å². The van der Waals surface area contributed by atoms with Gasteiger partial charge in [0, 0.05) is 19.7 Å². The Bertz CT molecular complexity index is 259. The number of methoxy groups -OCH3 is 1. The molecule has 20 heavy (non-hydrogen) atoms. The Labute approximate surface area is 124 Å². The Morgan fingerprint density at radius 3 is 2.85 bits per heavy atom. The minimum atomic E-state index is 0.0821. The third-order valence-corrected chi connectivity index (χ3v) is 4.24. The van der Waals surface area contributed by atoms with Gasteiger partial charge in [0.25, 0.3) is 0 Å². The van der Waals surface area contributed by atoms with Crippen molar-refractivity contribution in [2.45, 2.75) is 64.3 Å². The summed E-state index contributed by atoms with van der Waals surface area (Å²) in [5.74, 6) is 0.859. The number of ether oxygens (including phenoxy) is 1. The Morgan fingerprint density at radius 2 is 2.10 bits per heavy atom. The number of rotatable bonds is 11. The van der Waals surface area contributed by atoms with Crippen molar-refractivity contribution in [3.8, 4) is 0 Å². The molecule has 0 spiro atoms. The molecule has 0 aromatic rings. The molecule has 1 rings (SSSR count). The number of nitrogens with one attached hydrogen (secondary N) is 2. The number of unbranched alkanes of at least 4 members (excludes halogenated alkanes) is 3. The van der Waals surface area contributed by atoms with Crippen molar-refractivity contribution in [2.75, 3.05) is 26.8 Å². The van der Waals surface area contributed by atoms with Crippen LogP contribution in [0.25, 0.3) is 0 Å². The molecule has 1 aliphatic carbocycles. The number of hydrogen-bond acceptors (Lipinski definition) is 3. The zero-order chi connectivity index (χ0) is 14.6. The van der Waals surface area contributed by atoms with Gasteiger partial charge in [-0.3, -0.25) is 4.79 Å². The van der Waals surface area contributed by atoms with Crippen LogP contribution in [0.1, 0.15) is 58.3 Å². The zero-order valence-corrected chi connectivity index (χ0v) is 13.2. The molecule has 1 aliphatic rings. The van der Waals surface area contributed by atoms with Gasteiger partial charge in [-0.15, -0.1) is 0 Å². The molecule has 0 aliphatic heterocycles. The molecule has 0 heterocycles. The molecule has 0 radical (unpaired) electrons. The van der Waals surface area contributed by atoms with E-state index in [1.807, 2.05) is 0 Å². The van der Waals surface area contributed by atoms with Crippen LogP contribution in [0.15, 0.2) is 0 Å². The highest BCUT2D eigenvalue weighted by Crippen LogP contribution is 2.30. The summed E-state index contributed by atoms with van der Waals surface area (Å²) in [4.78, 5) is 11.7. The van der Waals surface area contributed by atoms with Crippen molar-refractivity contribution in [3.63, 3.8) is 0 Å². The molecule has 4 nitrogen and oxygen atoms in total. The van der Waals surface area contributed by atoms with Crippen LogP contribution in [0.2, 0.25) is 0 Å². The fourth-order valence-electron chi connectivity index (χ4n) is 3.06. The van der Waals surface area contributed by atoms with Crippen molar-refractivity contribution in [3.05, 3.63) is 0 Å². The summed E-state index contributed by atoms with van der Waals surface area (Å²) in [7, 11) is 1.64. The molecular weight excluding hydrogens is 252 g/mol. The summed E-state index contributed by atoms with van der Waals surface area (Å²) in [6.07, 6.45) is 10.5. The third kappa shape index (κ3) is 7.25. The van der Waals surface area contributed by atoms with Gasteiger partial charge in [-0.25, -0.2) is 0 Å². The van der Waals surface area contributed by atoms with Crippen LogP contribution in [0.4, 0.5) is 0 Å². The molecule has 1 fully saturated rings. The Kier molecular flexibility index (Phi) is 9.67. The molecule has 0 unspecified atom stereocenters. The highest BCUT2D eigenvalue weighted by Gasteiger charge is 2.26. The molecule has 2 N–H and O–H groups in total. The van der Waals surface area contributed by atoms with E-state index >= 15 is 0 Å². The van der Waals surface area contributed by atoms with Gasteiger partial charge < -0.3 is 15.4 Å². The Morgan fingerprint density at radius 1 is 1.25 bits per heavy atom. The number of carbonyl (C=O) groups is 1. The van der Waals surface area contributed by atoms with E-state index in [0.29, 0.717) is 25.7 Å². The first-order chi connectivity index (χ1) is 9.77. The quantitative estimate of drug-likeness (QED) is 0.573. The predicted molar refractivity (Wildman–Crippen MR) is 82.8 cm³/mol. The van der Waals surface area contributed by atoms with Gasteiger partial charge >= 0.3 is 0 Å². The van der Waals surface area contributed by atoms with Gasteiger partial charge in [0.15, 0.2) is 0 Å². The lowest BCUT2D eigenvalue weighted by Gasteiger charge is -2.20. The monoisotopic (exact) mass is 284 g/mol.